The molecule has 1 N–H and O–H groups in total. The average molecular weight is 334 g/mol. The summed E-state index contributed by atoms with van der Waals surface area (Å²) in [4.78, 5) is 3.91. The van der Waals surface area contributed by atoms with E-state index in [9.17, 15) is 8.42 Å². The van der Waals surface area contributed by atoms with Crippen LogP contribution in [0.2, 0.25) is 0 Å². The van der Waals surface area contributed by atoms with Crippen LogP contribution < -0.4 is 4.72 Å². The highest BCUT2D eigenvalue weighted by molar-refractivity contribution is 9.10. The van der Waals surface area contributed by atoms with Crippen molar-refractivity contribution >= 4 is 31.8 Å². The van der Waals surface area contributed by atoms with Gasteiger partial charge in [0.1, 0.15) is 0 Å². The predicted molar refractivity (Wildman–Crippen MR) is 74.5 cm³/mol. The number of halogens is 1. The molecule has 0 aliphatic carbocycles. The third-order valence-corrected chi connectivity index (χ3v) is 5.07. The Balaban J connectivity index is 2.13. The van der Waals surface area contributed by atoms with Crippen LogP contribution in [0.25, 0.3) is 0 Å². The van der Waals surface area contributed by atoms with Crippen LogP contribution in [-0.4, -0.2) is 30.8 Å². The molecular weight excluding hydrogens is 318 g/mol. The fourth-order valence-electron chi connectivity index (χ4n) is 1.94. The van der Waals surface area contributed by atoms with Crippen LogP contribution in [0.5, 0.6) is 0 Å². The smallest absolute Gasteiger partial charge is 0.270 e. The Labute approximate surface area is 116 Å². The van der Waals surface area contributed by atoms with Crippen molar-refractivity contribution in [2.75, 3.05) is 17.8 Å². The Morgan fingerprint density at radius 3 is 2.50 bits per heavy atom. The van der Waals surface area contributed by atoms with Gasteiger partial charge in [-0.05, 0) is 34.8 Å². The van der Waals surface area contributed by atoms with E-state index in [0.717, 1.165) is 25.7 Å². The van der Waals surface area contributed by atoms with Crippen molar-refractivity contribution in [2.45, 2.75) is 25.7 Å². The molecule has 18 heavy (non-hydrogen) atoms. The molecular formula is C11H16BrN3O2S. The Bertz CT molecular complexity index is 499. The molecule has 1 aromatic heterocycles. The fraction of sp³-hybridized carbons (Fsp3) is 0.545. The van der Waals surface area contributed by atoms with Gasteiger partial charge in [-0.2, -0.15) is 12.7 Å². The van der Waals surface area contributed by atoms with Gasteiger partial charge in [0.15, 0.2) is 0 Å². The largest absolute Gasteiger partial charge is 0.301 e. The molecule has 0 spiro atoms. The SMILES string of the molecule is O=S(=O)(Nc1ccncc1Br)N1CCCCCC1. The standard InChI is InChI=1S/C11H16BrN3O2S/c12-10-9-13-6-5-11(10)14-18(16,17)15-7-3-1-2-4-8-15/h5-6,9H,1-4,7-8H2,(H,13,14). The van der Waals surface area contributed by atoms with Crippen LogP contribution in [-0.2, 0) is 10.2 Å². The van der Waals surface area contributed by atoms with Gasteiger partial charge in [-0.25, -0.2) is 0 Å². The van der Waals surface area contributed by atoms with Crippen molar-refractivity contribution in [2.24, 2.45) is 0 Å². The summed E-state index contributed by atoms with van der Waals surface area (Å²) in [6, 6.07) is 1.64. The maximum atomic E-state index is 12.2. The third-order valence-electron chi connectivity index (χ3n) is 2.92. The van der Waals surface area contributed by atoms with Crippen molar-refractivity contribution in [1.29, 1.82) is 0 Å². The van der Waals surface area contributed by atoms with Crippen molar-refractivity contribution in [3.05, 3.63) is 22.9 Å². The molecule has 2 rings (SSSR count). The minimum absolute atomic E-state index is 0.522. The molecule has 0 saturated carbocycles. The Kier molecular flexibility index (Phi) is 4.58. The lowest BCUT2D eigenvalue weighted by molar-refractivity contribution is 0.427. The molecule has 2 heterocycles. The second-order valence-electron chi connectivity index (χ2n) is 4.28. The molecule has 0 amide bonds. The molecule has 0 atom stereocenters. The number of hydrogen-bond acceptors (Lipinski definition) is 3. The van der Waals surface area contributed by atoms with Crippen LogP contribution in [0, 0.1) is 0 Å². The number of nitrogens with zero attached hydrogens (tertiary/aromatic N) is 2. The molecule has 7 heteroatoms. The summed E-state index contributed by atoms with van der Waals surface area (Å²) in [5.74, 6) is 0. The lowest BCUT2D eigenvalue weighted by atomic mass is 10.2. The van der Waals surface area contributed by atoms with E-state index in [-0.39, 0.29) is 0 Å². The van der Waals surface area contributed by atoms with Crippen molar-refractivity contribution in [1.82, 2.24) is 9.29 Å². The minimum atomic E-state index is -3.46. The molecule has 1 saturated heterocycles. The van der Waals surface area contributed by atoms with Gasteiger partial charge in [0, 0.05) is 25.5 Å². The van der Waals surface area contributed by atoms with Crippen LogP contribution >= 0.6 is 15.9 Å². The van der Waals surface area contributed by atoms with Crippen molar-refractivity contribution in [3.63, 3.8) is 0 Å². The lowest BCUT2D eigenvalue weighted by Gasteiger charge is -2.21. The zero-order valence-corrected chi connectivity index (χ0v) is 12.4. The molecule has 1 fully saturated rings. The lowest BCUT2D eigenvalue weighted by Crippen LogP contribution is -2.36. The van der Waals surface area contributed by atoms with Crippen LogP contribution in [0.4, 0.5) is 5.69 Å². The monoisotopic (exact) mass is 333 g/mol. The maximum Gasteiger partial charge on any atom is 0.301 e. The number of hydrogen-bond donors (Lipinski definition) is 1. The Hall–Kier alpha value is -0.660. The zero-order valence-electron chi connectivity index (χ0n) is 9.97. The van der Waals surface area contributed by atoms with E-state index in [1.54, 1.807) is 18.5 Å². The van der Waals surface area contributed by atoms with Crippen molar-refractivity contribution < 1.29 is 8.42 Å². The molecule has 0 unspecified atom stereocenters. The van der Waals surface area contributed by atoms with Crippen LogP contribution in [0.1, 0.15) is 25.7 Å². The van der Waals surface area contributed by atoms with E-state index in [2.05, 4.69) is 25.6 Å². The van der Waals surface area contributed by atoms with Crippen molar-refractivity contribution in [3.8, 4) is 0 Å². The number of aromatic nitrogens is 1. The molecule has 1 aliphatic rings. The van der Waals surface area contributed by atoms with Crippen LogP contribution in [0.3, 0.4) is 0 Å². The quantitative estimate of drug-likeness (QED) is 0.923. The topological polar surface area (TPSA) is 62.3 Å². The Morgan fingerprint density at radius 2 is 1.89 bits per heavy atom. The zero-order chi connectivity index (χ0) is 13.0. The van der Waals surface area contributed by atoms with E-state index < -0.39 is 10.2 Å². The summed E-state index contributed by atoms with van der Waals surface area (Å²) >= 11 is 3.28. The fourth-order valence-corrected chi connectivity index (χ4v) is 3.75. The first-order chi connectivity index (χ1) is 8.59. The van der Waals surface area contributed by atoms with E-state index in [4.69, 9.17) is 0 Å². The van der Waals surface area contributed by atoms with Gasteiger partial charge in [-0.3, -0.25) is 9.71 Å². The molecule has 1 aromatic rings. The summed E-state index contributed by atoms with van der Waals surface area (Å²) in [5, 5.41) is 0. The maximum absolute atomic E-state index is 12.2. The first kappa shape index (κ1) is 13.8. The number of nitrogens with one attached hydrogen (secondary N) is 1. The summed E-state index contributed by atoms with van der Waals surface area (Å²) in [5.41, 5.74) is 0.522. The predicted octanol–water partition coefficient (Wildman–Crippen LogP) is 2.38. The molecule has 0 bridgehead atoms. The molecule has 0 aromatic carbocycles. The summed E-state index contributed by atoms with van der Waals surface area (Å²) < 4.78 is 29.2. The van der Waals surface area contributed by atoms with Gasteiger partial charge < -0.3 is 0 Å². The van der Waals surface area contributed by atoms with E-state index in [0.29, 0.717) is 23.2 Å². The molecule has 1 aliphatic heterocycles. The molecule has 5 nitrogen and oxygen atoms in total. The van der Waals surface area contributed by atoms with Gasteiger partial charge in [-0.15, -0.1) is 0 Å². The summed E-state index contributed by atoms with van der Waals surface area (Å²) in [6.07, 6.45) is 7.19. The molecule has 100 valence electrons. The minimum Gasteiger partial charge on any atom is -0.270 e. The van der Waals surface area contributed by atoms with Gasteiger partial charge in [0.2, 0.25) is 0 Å². The second-order valence-corrected chi connectivity index (χ2v) is 6.80. The highest BCUT2D eigenvalue weighted by atomic mass is 79.9. The number of pyridine rings is 1. The average Bonchev–Trinajstić information content (AvgIpc) is 2.61. The third kappa shape index (κ3) is 3.43. The van der Waals surface area contributed by atoms with Gasteiger partial charge in [0.25, 0.3) is 0 Å². The highest BCUT2D eigenvalue weighted by Crippen LogP contribution is 2.23. The number of rotatable bonds is 3. The second kappa shape index (κ2) is 5.99. The first-order valence-electron chi connectivity index (χ1n) is 5.97. The number of anilines is 1. The summed E-state index contributed by atoms with van der Waals surface area (Å²) in [7, 11) is -3.46. The van der Waals surface area contributed by atoms with E-state index in [1.165, 1.54) is 4.31 Å². The summed E-state index contributed by atoms with van der Waals surface area (Å²) in [6.45, 7) is 1.19. The Morgan fingerprint density at radius 1 is 1.22 bits per heavy atom. The van der Waals surface area contributed by atoms with Gasteiger partial charge >= 0.3 is 10.2 Å². The van der Waals surface area contributed by atoms with Gasteiger partial charge in [-0.1, -0.05) is 12.8 Å². The normalized spacial score (nSPS) is 18.3. The van der Waals surface area contributed by atoms with E-state index in [1.807, 2.05) is 0 Å². The molecule has 0 radical (unpaired) electrons. The highest BCUT2D eigenvalue weighted by Gasteiger charge is 2.23. The first-order valence-corrected chi connectivity index (χ1v) is 8.20. The van der Waals surface area contributed by atoms with Gasteiger partial charge in [0.05, 0.1) is 10.2 Å². The van der Waals surface area contributed by atoms with Crippen LogP contribution in [0.15, 0.2) is 22.9 Å². The van der Waals surface area contributed by atoms with E-state index >= 15 is 0 Å².